The Morgan fingerprint density at radius 1 is 1.08 bits per heavy atom. The van der Waals surface area contributed by atoms with E-state index in [1.54, 1.807) is 60.7 Å². The summed E-state index contributed by atoms with van der Waals surface area (Å²) in [5.74, 6) is -0.224. The summed E-state index contributed by atoms with van der Waals surface area (Å²) < 4.78 is 39.0. The predicted molar refractivity (Wildman–Crippen MR) is 128 cm³/mol. The molecule has 0 saturated carbocycles. The lowest BCUT2D eigenvalue weighted by Gasteiger charge is -2.44. The number of hydrogen-bond donors (Lipinski definition) is 1. The molecule has 0 aromatic heterocycles. The van der Waals surface area contributed by atoms with E-state index in [0.29, 0.717) is 11.3 Å². The Labute approximate surface area is 209 Å². The zero-order chi connectivity index (χ0) is 26.3. The highest BCUT2D eigenvalue weighted by Crippen LogP contribution is 2.28. The Balaban J connectivity index is 1.73. The smallest absolute Gasteiger partial charge is 0.377 e. The van der Waals surface area contributed by atoms with Crippen molar-refractivity contribution in [3.8, 4) is 18.1 Å². The third-order valence-corrected chi connectivity index (χ3v) is 5.49. The number of ether oxygens (including phenoxy) is 2. The van der Waals surface area contributed by atoms with Crippen LogP contribution in [0.3, 0.4) is 0 Å². The summed E-state index contributed by atoms with van der Waals surface area (Å²) in [5, 5.41) is 2.49. The average molecular weight is 513 g/mol. The van der Waals surface area contributed by atoms with E-state index >= 15 is 0 Å². The summed E-state index contributed by atoms with van der Waals surface area (Å²) in [7, 11) is -4.16. The largest absolute Gasteiger partial charge is 0.484 e. The van der Waals surface area contributed by atoms with E-state index in [2.05, 4.69) is 11.2 Å². The van der Waals surface area contributed by atoms with Crippen molar-refractivity contribution in [1.82, 2.24) is 10.2 Å². The molecule has 1 heterocycles. The number of benzene rings is 2. The van der Waals surface area contributed by atoms with Crippen molar-refractivity contribution >= 4 is 27.9 Å². The molecule has 0 spiro atoms. The highest BCUT2D eigenvalue weighted by molar-refractivity contribution is 7.86. The zero-order valence-corrected chi connectivity index (χ0v) is 20.4. The fourth-order valence-electron chi connectivity index (χ4n) is 3.35. The van der Waals surface area contributed by atoms with Gasteiger partial charge in [0.05, 0.1) is 12.0 Å². The third kappa shape index (κ3) is 6.64. The molecule has 2 aromatic carbocycles. The average Bonchev–Trinajstić information content (AvgIpc) is 2.86. The number of esters is 1. The van der Waals surface area contributed by atoms with Crippen LogP contribution in [-0.2, 0) is 40.0 Å². The highest BCUT2D eigenvalue weighted by atomic mass is 32.2. The number of amides is 2. The molecule has 0 bridgehead atoms. The normalized spacial score (nSPS) is 17.7. The van der Waals surface area contributed by atoms with Crippen LogP contribution >= 0.6 is 0 Å². The molecule has 1 aliphatic rings. The fraction of sp³-hybridized carbons (Fsp3) is 0.240. The molecule has 1 aliphatic heterocycles. The molecular weight excluding hydrogens is 488 g/mol. The van der Waals surface area contributed by atoms with Gasteiger partial charge in [-0.05, 0) is 24.6 Å². The van der Waals surface area contributed by atoms with Crippen LogP contribution in [0.2, 0.25) is 0 Å². The third-order valence-electron chi connectivity index (χ3n) is 5.02. The summed E-state index contributed by atoms with van der Waals surface area (Å²) in [6.45, 7) is 0.785. The van der Waals surface area contributed by atoms with Gasteiger partial charge in [-0.2, -0.15) is 8.42 Å². The molecule has 188 valence electrons. The van der Waals surface area contributed by atoms with Gasteiger partial charge in [-0.1, -0.05) is 54.5 Å². The lowest BCUT2D eigenvalue weighted by atomic mass is 9.94. The van der Waals surface area contributed by atoms with Crippen LogP contribution in [0, 0.1) is 12.3 Å². The van der Waals surface area contributed by atoms with E-state index in [-0.39, 0.29) is 18.9 Å². The van der Waals surface area contributed by atoms with Gasteiger partial charge in [0.25, 0.3) is 11.8 Å². The maximum atomic E-state index is 12.8. The minimum atomic E-state index is -4.16. The number of terminal acetylenes is 1. The van der Waals surface area contributed by atoms with Gasteiger partial charge in [0.15, 0.2) is 6.61 Å². The van der Waals surface area contributed by atoms with Crippen LogP contribution in [0.1, 0.15) is 12.5 Å². The number of likely N-dealkylation sites (tertiary alicyclic amines) is 1. The van der Waals surface area contributed by atoms with Gasteiger partial charge in [0, 0.05) is 0 Å². The number of para-hydroxylation sites is 1. The highest BCUT2D eigenvalue weighted by Gasteiger charge is 2.49. The molecule has 2 amide bonds. The van der Waals surface area contributed by atoms with E-state index in [9.17, 15) is 22.8 Å². The van der Waals surface area contributed by atoms with Gasteiger partial charge in [-0.3, -0.25) is 14.5 Å². The maximum absolute atomic E-state index is 12.8. The summed E-state index contributed by atoms with van der Waals surface area (Å²) in [6.07, 6.45) is 6.32. The Morgan fingerprint density at radius 3 is 2.28 bits per heavy atom. The molecular formula is C25H24N2O8S. The fourth-order valence-corrected chi connectivity index (χ4v) is 3.84. The number of carbonyl (C=O) groups is 3. The maximum Gasteiger partial charge on any atom is 0.377 e. The molecule has 2 atom stereocenters. The molecule has 1 fully saturated rings. The van der Waals surface area contributed by atoms with Crippen molar-refractivity contribution in [2.75, 3.05) is 12.9 Å². The SMILES string of the molecule is C#CC1C(NC(=O)COc2ccccc2)C(=O)N1C(C)=C(OS(C)(=O)=O)C(=O)OCc1ccccc1. The van der Waals surface area contributed by atoms with Crippen LogP contribution < -0.4 is 10.1 Å². The summed E-state index contributed by atoms with van der Waals surface area (Å²) >= 11 is 0. The quantitative estimate of drug-likeness (QED) is 0.126. The van der Waals surface area contributed by atoms with E-state index < -0.39 is 45.7 Å². The number of β-lactam (4-membered cyclic amide) rings is 1. The standard InChI is InChI=1S/C25H24N2O8S/c1-4-20-22(26-21(28)16-33-19-13-9-6-10-14-19)24(29)27(20)17(2)23(35-36(3,31)32)25(30)34-15-18-11-7-5-8-12-18/h1,5-14,20,22H,15-16H2,2-3H3,(H,26,28). The predicted octanol–water partition coefficient (Wildman–Crippen LogP) is 1.35. The Kier molecular flexibility index (Phi) is 8.34. The molecule has 1 N–H and O–H groups in total. The van der Waals surface area contributed by atoms with Gasteiger partial charge in [0.2, 0.25) is 5.76 Å². The molecule has 2 aromatic rings. The van der Waals surface area contributed by atoms with Gasteiger partial charge >= 0.3 is 16.1 Å². The van der Waals surface area contributed by atoms with Crippen LogP contribution in [-0.4, -0.2) is 56.0 Å². The Bertz CT molecular complexity index is 1300. The van der Waals surface area contributed by atoms with Crippen molar-refractivity contribution in [3.63, 3.8) is 0 Å². The Morgan fingerprint density at radius 2 is 1.69 bits per heavy atom. The van der Waals surface area contributed by atoms with Crippen molar-refractivity contribution in [3.05, 3.63) is 77.7 Å². The Hall–Kier alpha value is -4.30. The van der Waals surface area contributed by atoms with Crippen molar-refractivity contribution in [1.29, 1.82) is 0 Å². The lowest BCUT2D eigenvalue weighted by molar-refractivity contribution is -0.148. The molecule has 10 nitrogen and oxygen atoms in total. The van der Waals surface area contributed by atoms with E-state index in [4.69, 9.17) is 20.1 Å². The molecule has 36 heavy (non-hydrogen) atoms. The number of carbonyl (C=O) groups excluding carboxylic acids is 3. The van der Waals surface area contributed by atoms with Crippen LogP contribution in [0.4, 0.5) is 0 Å². The first-order chi connectivity index (χ1) is 17.1. The second-order valence-electron chi connectivity index (χ2n) is 7.73. The molecule has 3 rings (SSSR count). The first kappa shape index (κ1) is 26.3. The summed E-state index contributed by atoms with van der Waals surface area (Å²) in [4.78, 5) is 38.8. The lowest BCUT2D eigenvalue weighted by Crippen LogP contribution is -2.70. The number of rotatable bonds is 10. The molecule has 2 unspecified atom stereocenters. The number of nitrogens with zero attached hydrogens (tertiary/aromatic N) is 1. The summed E-state index contributed by atoms with van der Waals surface area (Å²) in [6, 6.07) is 15.2. The molecule has 1 saturated heterocycles. The zero-order valence-electron chi connectivity index (χ0n) is 19.5. The van der Waals surface area contributed by atoms with E-state index in [1.165, 1.54) is 6.92 Å². The van der Waals surface area contributed by atoms with Crippen molar-refractivity contribution in [2.24, 2.45) is 0 Å². The topological polar surface area (TPSA) is 128 Å². The minimum Gasteiger partial charge on any atom is -0.484 e. The van der Waals surface area contributed by atoms with Gasteiger partial charge < -0.3 is 19.0 Å². The number of nitrogens with one attached hydrogen (secondary N) is 1. The van der Waals surface area contributed by atoms with E-state index in [1.807, 2.05) is 0 Å². The second kappa shape index (κ2) is 11.4. The number of hydrogen-bond acceptors (Lipinski definition) is 8. The summed E-state index contributed by atoms with van der Waals surface area (Å²) in [5.41, 5.74) is 0.488. The van der Waals surface area contributed by atoms with E-state index in [0.717, 1.165) is 11.2 Å². The van der Waals surface area contributed by atoms with Crippen molar-refractivity contribution < 1.29 is 36.5 Å². The molecule has 0 aliphatic carbocycles. The van der Waals surface area contributed by atoms with Gasteiger partial charge in [0.1, 0.15) is 24.4 Å². The van der Waals surface area contributed by atoms with Crippen LogP contribution in [0.25, 0.3) is 0 Å². The number of allylic oxidation sites excluding steroid dienone is 1. The van der Waals surface area contributed by atoms with Gasteiger partial charge in [-0.25, -0.2) is 4.79 Å². The second-order valence-corrected chi connectivity index (χ2v) is 9.31. The first-order valence-corrected chi connectivity index (χ1v) is 12.5. The van der Waals surface area contributed by atoms with Gasteiger partial charge in [-0.15, -0.1) is 6.42 Å². The monoisotopic (exact) mass is 512 g/mol. The van der Waals surface area contributed by atoms with Crippen molar-refractivity contribution in [2.45, 2.75) is 25.6 Å². The van der Waals surface area contributed by atoms with Crippen LogP contribution in [0.5, 0.6) is 5.75 Å². The first-order valence-electron chi connectivity index (χ1n) is 10.7. The van der Waals surface area contributed by atoms with Crippen LogP contribution in [0.15, 0.2) is 72.1 Å². The molecule has 0 radical (unpaired) electrons. The minimum absolute atomic E-state index is 0.157. The molecule has 11 heteroatoms.